The molecule has 1 aliphatic carbocycles. The minimum atomic E-state index is -0.0191. The third-order valence-electron chi connectivity index (χ3n) is 3.85. The highest BCUT2D eigenvalue weighted by atomic mass is 16.2. The van der Waals surface area contributed by atoms with Crippen molar-refractivity contribution in [3.05, 3.63) is 0 Å². The SMILES string of the molecule is CN[C@@H](C)C(=O)N1CCC2CCCC21. The molecule has 1 N–H and O–H groups in total. The summed E-state index contributed by atoms with van der Waals surface area (Å²) in [6, 6.07) is 0.549. The Balaban J connectivity index is 2.01. The molecule has 2 rings (SSSR count). The van der Waals surface area contributed by atoms with Crippen molar-refractivity contribution in [1.82, 2.24) is 10.2 Å². The Labute approximate surface area is 85.8 Å². The first kappa shape index (κ1) is 9.97. The molecule has 0 aromatic carbocycles. The summed E-state index contributed by atoms with van der Waals surface area (Å²) in [4.78, 5) is 14.1. The Morgan fingerprint density at radius 1 is 1.43 bits per heavy atom. The second-order valence-electron chi connectivity index (χ2n) is 4.59. The summed E-state index contributed by atoms with van der Waals surface area (Å²) in [7, 11) is 1.85. The van der Waals surface area contributed by atoms with Gasteiger partial charge in [0.2, 0.25) is 5.91 Å². The van der Waals surface area contributed by atoms with E-state index in [-0.39, 0.29) is 6.04 Å². The highest BCUT2D eigenvalue weighted by Gasteiger charge is 2.40. The van der Waals surface area contributed by atoms with E-state index in [9.17, 15) is 4.79 Å². The molecule has 1 saturated carbocycles. The van der Waals surface area contributed by atoms with Gasteiger partial charge in [-0.15, -0.1) is 0 Å². The lowest BCUT2D eigenvalue weighted by Gasteiger charge is -2.26. The van der Waals surface area contributed by atoms with Crippen molar-refractivity contribution in [2.75, 3.05) is 13.6 Å². The summed E-state index contributed by atoms with van der Waals surface area (Å²) in [6.45, 7) is 2.94. The number of fused-ring (bicyclic) bond motifs is 1. The minimum absolute atomic E-state index is 0.0191. The van der Waals surface area contributed by atoms with Crippen molar-refractivity contribution >= 4 is 5.91 Å². The molecule has 14 heavy (non-hydrogen) atoms. The molecule has 0 aromatic rings. The van der Waals surface area contributed by atoms with Crippen molar-refractivity contribution in [2.45, 2.75) is 44.7 Å². The maximum absolute atomic E-state index is 12.0. The number of likely N-dealkylation sites (N-methyl/N-ethyl adjacent to an activating group) is 1. The van der Waals surface area contributed by atoms with E-state index in [0.29, 0.717) is 11.9 Å². The van der Waals surface area contributed by atoms with Gasteiger partial charge in [0.05, 0.1) is 6.04 Å². The molecule has 2 fully saturated rings. The zero-order valence-electron chi connectivity index (χ0n) is 9.12. The fourth-order valence-corrected chi connectivity index (χ4v) is 2.88. The molecule has 0 bridgehead atoms. The van der Waals surface area contributed by atoms with Crippen LogP contribution in [-0.2, 0) is 4.79 Å². The lowest BCUT2D eigenvalue weighted by molar-refractivity contribution is -0.133. The third kappa shape index (κ3) is 1.54. The van der Waals surface area contributed by atoms with Crippen molar-refractivity contribution in [2.24, 2.45) is 5.92 Å². The number of carbonyl (C=O) groups excluding carboxylic acids is 1. The first-order valence-electron chi connectivity index (χ1n) is 5.71. The van der Waals surface area contributed by atoms with Gasteiger partial charge < -0.3 is 10.2 Å². The quantitative estimate of drug-likeness (QED) is 0.714. The molecule has 1 heterocycles. The van der Waals surface area contributed by atoms with Crippen LogP contribution in [-0.4, -0.2) is 36.5 Å². The Hall–Kier alpha value is -0.570. The maximum Gasteiger partial charge on any atom is 0.239 e. The largest absolute Gasteiger partial charge is 0.338 e. The Bertz CT molecular complexity index is 229. The predicted octanol–water partition coefficient (Wildman–Crippen LogP) is 0.995. The molecule has 3 atom stereocenters. The molecule has 80 valence electrons. The third-order valence-corrected chi connectivity index (χ3v) is 3.85. The van der Waals surface area contributed by atoms with Crippen LogP contribution in [0.5, 0.6) is 0 Å². The molecule has 0 aromatic heterocycles. The van der Waals surface area contributed by atoms with Crippen LogP contribution in [0.2, 0.25) is 0 Å². The standard InChI is InChI=1S/C11H20N2O/c1-8(12-2)11(14)13-7-6-9-4-3-5-10(9)13/h8-10,12H,3-7H2,1-2H3/t8-,9?,10?/m0/s1. The molecule has 0 spiro atoms. The number of amides is 1. The number of carbonyl (C=O) groups is 1. The van der Waals surface area contributed by atoms with Crippen LogP contribution in [0.4, 0.5) is 0 Å². The van der Waals surface area contributed by atoms with Gasteiger partial charge in [0, 0.05) is 12.6 Å². The normalized spacial score (nSPS) is 33.1. The van der Waals surface area contributed by atoms with Gasteiger partial charge in [0.25, 0.3) is 0 Å². The first-order valence-corrected chi connectivity index (χ1v) is 5.71. The van der Waals surface area contributed by atoms with Crippen molar-refractivity contribution in [3.8, 4) is 0 Å². The summed E-state index contributed by atoms with van der Waals surface area (Å²) in [6.07, 6.45) is 5.11. The van der Waals surface area contributed by atoms with E-state index in [1.807, 2.05) is 14.0 Å². The number of hydrogen-bond acceptors (Lipinski definition) is 2. The molecule has 2 aliphatic rings. The van der Waals surface area contributed by atoms with Gasteiger partial charge >= 0.3 is 0 Å². The van der Waals surface area contributed by atoms with Gasteiger partial charge in [-0.05, 0) is 39.2 Å². The molecule has 3 heteroatoms. The summed E-state index contributed by atoms with van der Waals surface area (Å²) in [5.74, 6) is 1.10. The molecule has 1 saturated heterocycles. The fraction of sp³-hybridized carbons (Fsp3) is 0.909. The topological polar surface area (TPSA) is 32.3 Å². The van der Waals surface area contributed by atoms with Crippen LogP contribution in [0.3, 0.4) is 0 Å². The monoisotopic (exact) mass is 196 g/mol. The number of hydrogen-bond donors (Lipinski definition) is 1. The van der Waals surface area contributed by atoms with Gasteiger partial charge in [0.15, 0.2) is 0 Å². The van der Waals surface area contributed by atoms with E-state index in [4.69, 9.17) is 0 Å². The van der Waals surface area contributed by atoms with Crippen molar-refractivity contribution in [1.29, 1.82) is 0 Å². The lowest BCUT2D eigenvalue weighted by Crippen LogP contribution is -2.45. The van der Waals surface area contributed by atoms with Gasteiger partial charge in [-0.25, -0.2) is 0 Å². The van der Waals surface area contributed by atoms with E-state index < -0.39 is 0 Å². The molecular formula is C11H20N2O. The number of rotatable bonds is 2. The smallest absolute Gasteiger partial charge is 0.239 e. The van der Waals surface area contributed by atoms with Crippen LogP contribution < -0.4 is 5.32 Å². The fourth-order valence-electron chi connectivity index (χ4n) is 2.88. The summed E-state index contributed by atoms with van der Waals surface area (Å²) in [5, 5.41) is 3.03. The maximum atomic E-state index is 12.0. The molecule has 0 radical (unpaired) electrons. The van der Waals surface area contributed by atoms with E-state index >= 15 is 0 Å². The van der Waals surface area contributed by atoms with Crippen LogP contribution >= 0.6 is 0 Å². The Kier molecular flexibility index (Phi) is 2.77. The molecule has 1 amide bonds. The van der Waals surface area contributed by atoms with Gasteiger partial charge in [-0.1, -0.05) is 6.42 Å². The van der Waals surface area contributed by atoms with E-state index in [2.05, 4.69) is 10.2 Å². The highest BCUT2D eigenvalue weighted by Crippen LogP contribution is 2.37. The molecule has 1 aliphatic heterocycles. The Morgan fingerprint density at radius 3 is 2.93 bits per heavy atom. The number of likely N-dealkylation sites (tertiary alicyclic amines) is 1. The molecule has 2 unspecified atom stereocenters. The first-order chi connectivity index (χ1) is 6.74. The van der Waals surface area contributed by atoms with Crippen molar-refractivity contribution < 1.29 is 4.79 Å². The van der Waals surface area contributed by atoms with Crippen LogP contribution in [0, 0.1) is 5.92 Å². The lowest BCUT2D eigenvalue weighted by atomic mass is 10.0. The average molecular weight is 196 g/mol. The zero-order valence-corrected chi connectivity index (χ0v) is 9.12. The number of nitrogens with one attached hydrogen (secondary N) is 1. The number of nitrogens with zero attached hydrogens (tertiary/aromatic N) is 1. The summed E-state index contributed by atoms with van der Waals surface area (Å²) >= 11 is 0. The molecular weight excluding hydrogens is 176 g/mol. The van der Waals surface area contributed by atoms with Gasteiger partial charge in [0.1, 0.15) is 0 Å². The van der Waals surface area contributed by atoms with E-state index in [0.717, 1.165) is 12.5 Å². The summed E-state index contributed by atoms with van der Waals surface area (Å²) in [5.41, 5.74) is 0. The van der Waals surface area contributed by atoms with E-state index in [1.165, 1.54) is 25.7 Å². The van der Waals surface area contributed by atoms with Gasteiger partial charge in [-0.2, -0.15) is 0 Å². The predicted molar refractivity (Wildman–Crippen MR) is 56.0 cm³/mol. The van der Waals surface area contributed by atoms with Crippen LogP contribution in [0.1, 0.15) is 32.6 Å². The van der Waals surface area contributed by atoms with E-state index in [1.54, 1.807) is 0 Å². The second kappa shape index (κ2) is 3.89. The van der Waals surface area contributed by atoms with Crippen LogP contribution in [0.15, 0.2) is 0 Å². The minimum Gasteiger partial charge on any atom is -0.338 e. The highest BCUT2D eigenvalue weighted by molar-refractivity contribution is 5.82. The Morgan fingerprint density at radius 2 is 2.21 bits per heavy atom. The summed E-state index contributed by atoms with van der Waals surface area (Å²) < 4.78 is 0. The molecule has 3 nitrogen and oxygen atoms in total. The zero-order chi connectivity index (χ0) is 10.1. The van der Waals surface area contributed by atoms with Crippen LogP contribution in [0.25, 0.3) is 0 Å². The second-order valence-corrected chi connectivity index (χ2v) is 4.59. The average Bonchev–Trinajstić information content (AvgIpc) is 2.76. The van der Waals surface area contributed by atoms with Gasteiger partial charge in [-0.3, -0.25) is 4.79 Å². The van der Waals surface area contributed by atoms with Crippen molar-refractivity contribution in [3.63, 3.8) is 0 Å².